The van der Waals surface area contributed by atoms with Gasteiger partial charge in [-0.15, -0.1) is 10.2 Å². The first-order chi connectivity index (χ1) is 17.0. The van der Waals surface area contributed by atoms with Crippen molar-refractivity contribution in [1.82, 2.24) is 35.8 Å². The molecule has 0 fully saturated rings. The van der Waals surface area contributed by atoms with E-state index >= 15 is 0 Å². The third-order valence-electron chi connectivity index (χ3n) is 5.57. The van der Waals surface area contributed by atoms with Crippen molar-refractivity contribution in [3.8, 4) is 0 Å². The lowest BCUT2D eigenvalue weighted by atomic mass is 9.88. The average molecular weight is 490 g/mol. The van der Waals surface area contributed by atoms with Gasteiger partial charge in [0.2, 0.25) is 5.95 Å². The van der Waals surface area contributed by atoms with E-state index in [0.717, 1.165) is 22.3 Å². The molecule has 2 aromatic carbocycles. The van der Waals surface area contributed by atoms with Crippen LogP contribution in [-0.2, 0) is 0 Å². The van der Waals surface area contributed by atoms with Crippen molar-refractivity contribution in [3.63, 3.8) is 0 Å². The van der Waals surface area contributed by atoms with Crippen LogP contribution in [0.3, 0.4) is 0 Å². The Hall–Kier alpha value is -4.24. The molecule has 0 bridgehead atoms. The third kappa shape index (κ3) is 4.58. The van der Waals surface area contributed by atoms with E-state index in [2.05, 4.69) is 35.8 Å². The van der Waals surface area contributed by atoms with Gasteiger partial charge in [-0.3, -0.25) is 10.1 Å². The van der Waals surface area contributed by atoms with Crippen molar-refractivity contribution in [2.24, 2.45) is 0 Å². The Morgan fingerprint density at radius 1 is 1.00 bits per heavy atom. The van der Waals surface area contributed by atoms with Crippen molar-refractivity contribution in [2.45, 2.75) is 13.3 Å². The molecule has 2 N–H and O–H groups in total. The number of halogens is 3. The number of aromatic nitrogens is 7. The topological polar surface area (TPSA) is 96.0 Å². The molecule has 0 atom stereocenters. The molecule has 3 heterocycles. The van der Waals surface area contributed by atoms with E-state index in [9.17, 15) is 8.78 Å². The lowest BCUT2D eigenvalue weighted by Crippen LogP contribution is -1.97. The van der Waals surface area contributed by atoms with Crippen molar-refractivity contribution >= 4 is 45.8 Å². The highest BCUT2D eigenvalue weighted by Crippen LogP contribution is 2.38. The second kappa shape index (κ2) is 9.55. The summed E-state index contributed by atoms with van der Waals surface area (Å²) in [6.07, 6.45) is 5.81. The van der Waals surface area contributed by atoms with Gasteiger partial charge in [0.05, 0.1) is 21.6 Å². The van der Waals surface area contributed by atoms with Crippen LogP contribution in [0.1, 0.15) is 41.6 Å². The molecule has 5 aromatic rings. The number of nitrogens with one attached hydrogen (secondary N) is 2. The zero-order valence-electron chi connectivity index (χ0n) is 18.4. The lowest BCUT2D eigenvalue weighted by Gasteiger charge is -2.17. The summed E-state index contributed by atoms with van der Waals surface area (Å²) >= 11 is 6.45. The fourth-order valence-corrected chi connectivity index (χ4v) is 4.22. The summed E-state index contributed by atoms with van der Waals surface area (Å²) < 4.78 is 28.1. The fourth-order valence-electron chi connectivity index (χ4n) is 3.94. The molecule has 7 nitrogen and oxygen atoms in total. The Kier molecular flexibility index (Phi) is 6.15. The molecule has 0 unspecified atom stereocenters. The van der Waals surface area contributed by atoms with Crippen LogP contribution in [0.25, 0.3) is 34.2 Å². The predicted molar refractivity (Wildman–Crippen MR) is 131 cm³/mol. The highest BCUT2D eigenvalue weighted by Gasteiger charge is 2.17. The molecule has 0 amide bonds. The van der Waals surface area contributed by atoms with Crippen LogP contribution in [0.15, 0.2) is 54.7 Å². The smallest absolute Gasteiger partial charge is 0.240 e. The van der Waals surface area contributed by atoms with Crippen molar-refractivity contribution in [2.75, 3.05) is 0 Å². The number of benzene rings is 2. The molecule has 0 saturated carbocycles. The number of hydrogen-bond donors (Lipinski definition) is 2. The number of H-pyrrole nitrogens is 2. The standard InChI is InChI=1S/C25H18ClF2N7/c1-2-18(19-8-5-16(27)12-21(19)26)24(14-4-9-22-20(11-14)25(28)33-30-22)15-3-6-17(29-13-15)7-10-23-31-34-35-32-23/h3-13H,2H2,1H3,(H,30,33)(H,31,32,34,35)/b10-7+,24-18-. The van der Waals surface area contributed by atoms with Gasteiger partial charge in [0.1, 0.15) is 5.82 Å². The Bertz CT molecular complexity index is 1560. The number of tetrazole rings is 1. The summed E-state index contributed by atoms with van der Waals surface area (Å²) in [5, 5.41) is 20.5. The zero-order valence-corrected chi connectivity index (χ0v) is 19.2. The highest BCUT2D eigenvalue weighted by molar-refractivity contribution is 6.32. The summed E-state index contributed by atoms with van der Waals surface area (Å²) in [5.41, 5.74) is 5.21. The lowest BCUT2D eigenvalue weighted by molar-refractivity contribution is 0.588. The number of aromatic amines is 2. The molecular weight excluding hydrogens is 472 g/mol. The normalized spacial score (nSPS) is 12.5. The van der Waals surface area contributed by atoms with Crippen molar-refractivity contribution in [1.29, 1.82) is 0 Å². The minimum absolute atomic E-state index is 0.295. The second-order valence-corrected chi connectivity index (χ2v) is 8.10. The third-order valence-corrected chi connectivity index (χ3v) is 5.88. The Morgan fingerprint density at radius 3 is 2.57 bits per heavy atom. The van der Waals surface area contributed by atoms with Gasteiger partial charge in [-0.1, -0.05) is 36.7 Å². The number of nitrogens with zero attached hydrogens (tertiary/aromatic N) is 5. The predicted octanol–water partition coefficient (Wildman–Crippen LogP) is 5.94. The molecule has 0 aliphatic heterocycles. The Labute approximate surface area is 203 Å². The fraction of sp³-hybridized carbons (Fsp3) is 0.0800. The van der Waals surface area contributed by atoms with Crippen LogP contribution < -0.4 is 0 Å². The maximum absolute atomic E-state index is 14.3. The molecule has 10 heteroatoms. The van der Waals surface area contributed by atoms with Crippen molar-refractivity contribution in [3.05, 3.63) is 99.7 Å². The number of pyridine rings is 1. The zero-order chi connectivity index (χ0) is 24.4. The quantitative estimate of drug-likeness (QED) is 0.288. The van der Waals surface area contributed by atoms with E-state index in [4.69, 9.17) is 11.6 Å². The van der Waals surface area contributed by atoms with E-state index in [1.54, 1.807) is 36.5 Å². The largest absolute Gasteiger partial charge is 0.275 e. The summed E-state index contributed by atoms with van der Waals surface area (Å²) in [7, 11) is 0. The first-order valence-corrected chi connectivity index (χ1v) is 11.1. The molecule has 35 heavy (non-hydrogen) atoms. The SMILES string of the molecule is CC/C(=C(/c1ccc(/C=C/c2nnn[nH]2)nc1)c1ccc2[nH]nc(F)c2c1)c1ccc(F)cc1Cl. The molecule has 3 aromatic heterocycles. The van der Waals surface area contributed by atoms with E-state index in [0.29, 0.717) is 39.4 Å². The van der Waals surface area contributed by atoms with Crippen LogP contribution in [-0.4, -0.2) is 35.8 Å². The maximum atomic E-state index is 14.3. The monoisotopic (exact) mass is 489 g/mol. The van der Waals surface area contributed by atoms with E-state index in [1.165, 1.54) is 12.1 Å². The Balaban J connectivity index is 1.67. The number of fused-ring (bicyclic) bond motifs is 1. The van der Waals surface area contributed by atoms with Gasteiger partial charge in [-0.25, -0.2) is 9.49 Å². The van der Waals surface area contributed by atoms with Gasteiger partial charge in [0.25, 0.3) is 0 Å². The van der Waals surface area contributed by atoms with E-state index in [-0.39, 0.29) is 0 Å². The van der Waals surface area contributed by atoms with Gasteiger partial charge in [0.15, 0.2) is 5.82 Å². The van der Waals surface area contributed by atoms with Crippen LogP contribution >= 0.6 is 11.6 Å². The van der Waals surface area contributed by atoms with Gasteiger partial charge >= 0.3 is 0 Å². The number of allylic oxidation sites excluding steroid dienone is 1. The van der Waals surface area contributed by atoms with Crippen LogP contribution in [0.2, 0.25) is 5.02 Å². The molecule has 5 rings (SSSR count). The first kappa shape index (κ1) is 22.5. The number of hydrogen-bond acceptors (Lipinski definition) is 5. The minimum atomic E-state index is -0.584. The number of rotatable bonds is 6. The summed E-state index contributed by atoms with van der Waals surface area (Å²) in [6.45, 7) is 1.99. The summed E-state index contributed by atoms with van der Waals surface area (Å²) in [5.74, 6) is -0.497. The molecule has 0 saturated heterocycles. The van der Waals surface area contributed by atoms with Gasteiger partial charge in [-0.05, 0) is 81.6 Å². The van der Waals surface area contributed by atoms with Gasteiger partial charge in [-0.2, -0.15) is 4.39 Å². The summed E-state index contributed by atoms with van der Waals surface area (Å²) in [4.78, 5) is 4.55. The van der Waals surface area contributed by atoms with Crippen molar-refractivity contribution < 1.29 is 8.78 Å². The highest BCUT2D eigenvalue weighted by atomic mass is 35.5. The van der Waals surface area contributed by atoms with E-state index in [1.807, 2.05) is 25.1 Å². The first-order valence-electron chi connectivity index (χ1n) is 10.7. The minimum Gasteiger partial charge on any atom is -0.275 e. The van der Waals surface area contributed by atoms with Gasteiger partial charge < -0.3 is 0 Å². The van der Waals surface area contributed by atoms with Crippen LogP contribution in [0.4, 0.5) is 8.78 Å². The molecular formula is C25H18ClF2N7. The average Bonchev–Trinajstić information content (AvgIpc) is 3.52. The van der Waals surface area contributed by atoms with Gasteiger partial charge in [0, 0.05) is 11.8 Å². The summed E-state index contributed by atoms with van der Waals surface area (Å²) in [6, 6.07) is 13.5. The molecule has 174 valence electrons. The second-order valence-electron chi connectivity index (χ2n) is 7.70. The molecule has 0 radical (unpaired) electrons. The van der Waals surface area contributed by atoms with Crippen LogP contribution in [0.5, 0.6) is 0 Å². The maximum Gasteiger partial charge on any atom is 0.240 e. The molecule has 0 spiro atoms. The molecule has 0 aliphatic carbocycles. The van der Waals surface area contributed by atoms with Crippen LogP contribution in [0, 0.1) is 11.8 Å². The van der Waals surface area contributed by atoms with E-state index < -0.39 is 11.8 Å². The Morgan fingerprint density at radius 2 is 1.86 bits per heavy atom. The molecule has 0 aliphatic rings.